The van der Waals surface area contributed by atoms with E-state index in [9.17, 15) is 9.59 Å². The molecule has 3 aromatic rings. The summed E-state index contributed by atoms with van der Waals surface area (Å²) in [6.45, 7) is 3.26. The van der Waals surface area contributed by atoms with Gasteiger partial charge in [0.2, 0.25) is 5.91 Å². The first kappa shape index (κ1) is 24.9. The highest BCUT2D eigenvalue weighted by atomic mass is 16.5. The molecule has 7 nitrogen and oxygen atoms in total. The smallest absolute Gasteiger partial charge is 0.258 e. The van der Waals surface area contributed by atoms with E-state index in [-0.39, 0.29) is 18.4 Å². The van der Waals surface area contributed by atoms with Gasteiger partial charge in [0.25, 0.3) is 5.91 Å². The van der Waals surface area contributed by atoms with E-state index in [1.807, 2.05) is 43.3 Å². The van der Waals surface area contributed by atoms with Crippen LogP contribution >= 0.6 is 0 Å². The van der Waals surface area contributed by atoms with Crippen molar-refractivity contribution in [2.45, 2.75) is 26.3 Å². The van der Waals surface area contributed by atoms with Crippen molar-refractivity contribution in [1.82, 2.24) is 9.80 Å². The number of rotatable bonds is 12. The van der Waals surface area contributed by atoms with Crippen LogP contribution in [0.4, 0.5) is 0 Å². The predicted molar refractivity (Wildman–Crippen MR) is 130 cm³/mol. The van der Waals surface area contributed by atoms with Crippen LogP contribution < -0.4 is 9.47 Å². The number of hydrogen-bond acceptors (Lipinski definition) is 5. The fourth-order valence-electron chi connectivity index (χ4n) is 3.72. The zero-order chi connectivity index (χ0) is 24.3. The first-order chi connectivity index (χ1) is 16.5. The van der Waals surface area contributed by atoms with Crippen LogP contribution in [0.1, 0.15) is 35.0 Å². The summed E-state index contributed by atoms with van der Waals surface area (Å²) in [4.78, 5) is 30.1. The third-order valence-electron chi connectivity index (χ3n) is 5.54. The minimum Gasteiger partial charge on any atom is -0.497 e. The van der Waals surface area contributed by atoms with Crippen LogP contribution in [0, 0.1) is 0 Å². The molecule has 3 rings (SSSR count). The highest BCUT2D eigenvalue weighted by Gasteiger charge is 2.25. The monoisotopic (exact) mass is 464 g/mol. The fourth-order valence-corrected chi connectivity index (χ4v) is 3.72. The maximum absolute atomic E-state index is 13.4. The molecule has 0 aliphatic carbocycles. The van der Waals surface area contributed by atoms with Gasteiger partial charge in [0.05, 0.1) is 32.6 Å². The molecule has 0 atom stereocenters. The summed E-state index contributed by atoms with van der Waals surface area (Å²) in [5, 5.41) is 0. The molecular formula is C27H32N2O5. The fraction of sp³-hybridized carbons (Fsp3) is 0.333. The zero-order valence-electron chi connectivity index (χ0n) is 20.0. The number of amides is 2. The SMILES string of the molecule is CCCN(CC(=O)N(CCc1ccccc1)Cc1ccco1)C(=O)c1ccc(OC)cc1OC. The molecule has 0 aliphatic rings. The Morgan fingerprint density at radius 3 is 2.35 bits per heavy atom. The van der Waals surface area contributed by atoms with Crippen molar-refractivity contribution < 1.29 is 23.5 Å². The normalized spacial score (nSPS) is 10.6. The number of hydrogen-bond donors (Lipinski definition) is 0. The second-order valence-electron chi connectivity index (χ2n) is 7.92. The van der Waals surface area contributed by atoms with E-state index < -0.39 is 0 Å². The van der Waals surface area contributed by atoms with E-state index in [1.165, 1.54) is 7.11 Å². The van der Waals surface area contributed by atoms with Gasteiger partial charge in [0.15, 0.2) is 0 Å². The lowest BCUT2D eigenvalue weighted by Gasteiger charge is -2.27. The minimum absolute atomic E-state index is 0.0304. The lowest BCUT2D eigenvalue weighted by Crippen LogP contribution is -2.43. The highest BCUT2D eigenvalue weighted by molar-refractivity contribution is 5.99. The molecule has 34 heavy (non-hydrogen) atoms. The number of nitrogens with zero attached hydrogens (tertiary/aromatic N) is 2. The van der Waals surface area contributed by atoms with E-state index in [4.69, 9.17) is 13.9 Å². The topological polar surface area (TPSA) is 72.2 Å². The van der Waals surface area contributed by atoms with Crippen molar-refractivity contribution in [2.24, 2.45) is 0 Å². The van der Waals surface area contributed by atoms with Gasteiger partial charge in [-0.2, -0.15) is 0 Å². The van der Waals surface area contributed by atoms with Crippen LogP contribution in [-0.4, -0.2) is 55.5 Å². The van der Waals surface area contributed by atoms with E-state index in [1.54, 1.807) is 47.4 Å². The largest absolute Gasteiger partial charge is 0.497 e. The van der Waals surface area contributed by atoms with Crippen LogP contribution in [0.25, 0.3) is 0 Å². The Kier molecular flexibility index (Phi) is 9.14. The number of ether oxygens (including phenoxy) is 2. The highest BCUT2D eigenvalue weighted by Crippen LogP contribution is 2.26. The second kappa shape index (κ2) is 12.5. The average Bonchev–Trinajstić information content (AvgIpc) is 3.39. The van der Waals surface area contributed by atoms with Gasteiger partial charge in [0, 0.05) is 19.2 Å². The van der Waals surface area contributed by atoms with Crippen molar-refractivity contribution in [1.29, 1.82) is 0 Å². The average molecular weight is 465 g/mol. The van der Waals surface area contributed by atoms with Crippen LogP contribution in [0.2, 0.25) is 0 Å². The summed E-state index contributed by atoms with van der Waals surface area (Å²) >= 11 is 0. The first-order valence-corrected chi connectivity index (χ1v) is 11.4. The Morgan fingerprint density at radius 1 is 0.912 bits per heavy atom. The molecule has 180 valence electrons. The summed E-state index contributed by atoms with van der Waals surface area (Å²) in [5.74, 6) is 1.32. The number of furan rings is 1. The Balaban J connectivity index is 1.77. The molecule has 7 heteroatoms. The summed E-state index contributed by atoms with van der Waals surface area (Å²) in [6, 6.07) is 18.7. The van der Waals surface area contributed by atoms with Gasteiger partial charge in [0.1, 0.15) is 23.8 Å². The third-order valence-corrected chi connectivity index (χ3v) is 5.54. The predicted octanol–water partition coefficient (Wildman–Crippen LogP) is 4.42. The van der Waals surface area contributed by atoms with E-state index >= 15 is 0 Å². The van der Waals surface area contributed by atoms with Crippen LogP contribution in [0.15, 0.2) is 71.3 Å². The lowest BCUT2D eigenvalue weighted by molar-refractivity contribution is -0.132. The van der Waals surface area contributed by atoms with Crippen LogP contribution in [0.5, 0.6) is 11.5 Å². The van der Waals surface area contributed by atoms with Crippen molar-refractivity contribution in [3.63, 3.8) is 0 Å². The third kappa shape index (κ3) is 6.63. The summed E-state index contributed by atoms with van der Waals surface area (Å²) < 4.78 is 16.1. The Hall–Kier alpha value is -3.74. The molecule has 0 saturated heterocycles. The molecule has 2 aromatic carbocycles. The molecule has 0 fully saturated rings. The molecule has 1 aromatic heterocycles. The lowest BCUT2D eigenvalue weighted by atomic mass is 10.1. The van der Waals surface area contributed by atoms with Gasteiger partial charge in [-0.05, 0) is 42.7 Å². The Morgan fingerprint density at radius 2 is 1.71 bits per heavy atom. The molecule has 0 bridgehead atoms. The van der Waals surface area contributed by atoms with Crippen LogP contribution in [-0.2, 0) is 17.8 Å². The van der Waals surface area contributed by atoms with E-state index in [0.717, 1.165) is 12.0 Å². The maximum atomic E-state index is 13.4. The van der Waals surface area contributed by atoms with Gasteiger partial charge in [-0.1, -0.05) is 37.3 Å². The van der Waals surface area contributed by atoms with Crippen molar-refractivity contribution in [3.05, 3.63) is 83.8 Å². The van der Waals surface area contributed by atoms with Crippen molar-refractivity contribution in [2.75, 3.05) is 33.9 Å². The van der Waals surface area contributed by atoms with E-state index in [0.29, 0.717) is 48.9 Å². The summed E-state index contributed by atoms with van der Waals surface area (Å²) in [5.41, 5.74) is 1.54. The number of carbonyl (C=O) groups is 2. The maximum Gasteiger partial charge on any atom is 0.258 e. The van der Waals surface area contributed by atoms with Crippen LogP contribution in [0.3, 0.4) is 0 Å². The van der Waals surface area contributed by atoms with E-state index in [2.05, 4.69) is 0 Å². The summed E-state index contributed by atoms with van der Waals surface area (Å²) in [7, 11) is 3.07. The Bertz CT molecular complexity index is 1050. The molecule has 1 heterocycles. The number of carbonyl (C=O) groups excluding carboxylic acids is 2. The van der Waals surface area contributed by atoms with Gasteiger partial charge < -0.3 is 23.7 Å². The molecule has 2 amide bonds. The second-order valence-corrected chi connectivity index (χ2v) is 7.92. The molecule has 0 radical (unpaired) electrons. The van der Waals surface area contributed by atoms with Gasteiger partial charge in [-0.15, -0.1) is 0 Å². The standard InChI is InChI=1S/C27H32N2O5/c1-4-15-29(27(31)24-13-12-22(32-2)18-25(24)33-3)20-26(30)28(19-23-11-8-17-34-23)16-14-21-9-6-5-7-10-21/h5-13,17-18H,4,14-16,19-20H2,1-3H3. The molecule has 0 saturated carbocycles. The molecule has 0 N–H and O–H groups in total. The first-order valence-electron chi connectivity index (χ1n) is 11.4. The number of methoxy groups -OCH3 is 2. The molecule has 0 spiro atoms. The van der Waals surface area contributed by atoms with Crippen molar-refractivity contribution in [3.8, 4) is 11.5 Å². The Labute approximate surface area is 200 Å². The zero-order valence-corrected chi connectivity index (χ0v) is 20.0. The molecule has 0 unspecified atom stereocenters. The number of benzene rings is 2. The quantitative estimate of drug-likeness (QED) is 0.397. The van der Waals surface area contributed by atoms with Gasteiger partial charge >= 0.3 is 0 Å². The van der Waals surface area contributed by atoms with Crippen molar-refractivity contribution >= 4 is 11.8 Å². The van der Waals surface area contributed by atoms with Gasteiger partial charge in [-0.3, -0.25) is 9.59 Å². The summed E-state index contributed by atoms with van der Waals surface area (Å²) in [6.07, 6.45) is 3.03. The molecular weight excluding hydrogens is 432 g/mol. The molecule has 0 aliphatic heterocycles. The van der Waals surface area contributed by atoms with Gasteiger partial charge in [-0.25, -0.2) is 0 Å². The minimum atomic E-state index is -0.254.